The van der Waals surface area contributed by atoms with Gasteiger partial charge in [0.05, 0.1) is 6.04 Å². The summed E-state index contributed by atoms with van der Waals surface area (Å²) >= 11 is 0. The maximum absolute atomic E-state index is 4.53. The van der Waals surface area contributed by atoms with Gasteiger partial charge in [-0.25, -0.2) is 4.98 Å². The van der Waals surface area contributed by atoms with Crippen molar-refractivity contribution in [2.45, 2.75) is 59.5 Å². The summed E-state index contributed by atoms with van der Waals surface area (Å²) in [5.74, 6) is 1.96. The second-order valence-corrected chi connectivity index (χ2v) is 5.06. The van der Waals surface area contributed by atoms with Crippen molar-refractivity contribution < 1.29 is 0 Å². The van der Waals surface area contributed by atoms with Crippen LogP contribution in [-0.2, 0) is 6.54 Å². The van der Waals surface area contributed by atoms with Gasteiger partial charge in [-0.05, 0) is 31.7 Å². The van der Waals surface area contributed by atoms with Crippen LogP contribution >= 0.6 is 0 Å². The van der Waals surface area contributed by atoms with E-state index in [0.717, 1.165) is 25.4 Å². The minimum Gasteiger partial charge on any atom is -0.334 e. The number of hydrogen-bond acceptors (Lipinski definition) is 2. The Morgan fingerprint density at radius 1 is 1.29 bits per heavy atom. The Hall–Kier alpha value is -0.830. The molecular formula is C14H27N3. The Morgan fingerprint density at radius 2 is 2.06 bits per heavy atom. The summed E-state index contributed by atoms with van der Waals surface area (Å²) in [5, 5.41) is 3.56. The maximum Gasteiger partial charge on any atom is 0.125 e. The van der Waals surface area contributed by atoms with E-state index >= 15 is 0 Å². The molecule has 1 unspecified atom stereocenters. The zero-order chi connectivity index (χ0) is 12.7. The van der Waals surface area contributed by atoms with Crippen molar-refractivity contribution in [3.8, 4) is 0 Å². The highest BCUT2D eigenvalue weighted by atomic mass is 15.1. The second kappa shape index (κ2) is 7.49. The summed E-state index contributed by atoms with van der Waals surface area (Å²) in [4.78, 5) is 4.53. The lowest BCUT2D eigenvalue weighted by Gasteiger charge is -2.19. The number of aryl methyl sites for hydroxylation is 1. The van der Waals surface area contributed by atoms with Gasteiger partial charge in [-0.15, -0.1) is 0 Å². The van der Waals surface area contributed by atoms with Crippen LogP contribution in [0.3, 0.4) is 0 Å². The van der Waals surface area contributed by atoms with Crippen molar-refractivity contribution in [2.24, 2.45) is 5.92 Å². The molecule has 1 heterocycles. The van der Waals surface area contributed by atoms with Crippen LogP contribution in [0.1, 0.15) is 58.8 Å². The highest BCUT2D eigenvalue weighted by molar-refractivity contribution is 4.99. The lowest BCUT2D eigenvalue weighted by atomic mass is 10.0. The first kappa shape index (κ1) is 14.2. The van der Waals surface area contributed by atoms with E-state index in [1.54, 1.807) is 0 Å². The molecule has 3 nitrogen and oxygen atoms in total. The van der Waals surface area contributed by atoms with Crippen molar-refractivity contribution in [2.75, 3.05) is 6.54 Å². The quantitative estimate of drug-likeness (QED) is 0.751. The number of rotatable bonds is 8. The number of nitrogens with zero attached hydrogens (tertiary/aromatic N) is 2. The molecule has 1 aromatic heterocycles. The predicted molar refractivity (Wildman–Crippen MR) is 73.0 cm³/mol. The minimum atomic E-state index is 0.406. The smallest absolute Gasteiger partial charge is 0.125 e. The summed E-state index contributed by atoms with van der Waals surface area (Å²) < 4.78 is 2.29. The van der Waals surface area contributed by atoms with Gasteiger partial charge in [0.25, 0.3) is 0 Å². The molecule has 0 aliphatic rings. The Labute approximate surface area is 106 Å². The highest BCUT2D eigenvalue weighted by Gasteiger charge is 2.15. The summed E-state index contributed by atoms with van der Waals surface area (Å²) in [6.07, 6.45) is 7.60. The van der Waals surface area contributed by atoms with E-state index < -0.39 is 0 Å². The first-order valence-corrected chi connectivity index (χ1v) is 6.93. The molecule has 0 saturated carbocycles. The van der Waals surface area contributed by atoms with Gasteiger partial charge in [0, 0.05) is 18.9 Å². The van der Waals surface area contributed by atoms with E-state index in [1.165, 1.54) is 18.7 Å². The molecule has 3 heteroatoms. The molecule has 0 fully saturated rings. The number of nitrogens with one attached hydrogen (secondary N) is 1. The summed E-state index contributed by atoms with van der Waals surface area (Å²) in [5.41, 5.74) is 0. The summed E-state index contributed by atoms with van der Waals surface area (Å²) in [6, 6.07) is 0.406. The molecule has 0 aliphatic carbocycles. The maximum atomic E-state index is 4.53. The number of hydrogen-bond donors (Lipinski definition) is 1. The molecule has 0 amide bonds. The predicted octanol–water partition coefficient (Wildman–Crippen LogP) is 3.38. The number of aromatic nitrogens is 2. The van der Waals surface area contributed by atoms with E-state index in [0.29, 0.717) is 6.04 Å². The van der Waals surface area contributed by atoms with Gasteiger partial charge in [-0.2, -0.15) is 0 Å². The van der Waals surface area contributed by atoms with Gasteiger partial charge in [-0.3, -0.25) is 0 Å². The SMILES string of the molecule is CCCn1ccnc1C(CCC(C)C)NCC. The molecule has 1 aromatic rings. The number of imidazole rings is 1. The molecule has 98 valence electrons. The third-order valence-electron chi connectivity index (χ3n) is 3.01. The molecule has 0 aliphatic heterocycles. The second-order valence-electron chi connectivity index (χ2n) is 5.06. The van der Waals surface area contributed by atoms with Crippen LogP contribution < -0.4 is 5.32 Å². The Kier molecular flexibility index (Phi) is 6.27. The average molecular weight is 237 g/mol. The zero-order valence-electron chi connectivity index (χ0n) is 11.7. The van der Waals surface area contributed by atoms with Gasteiger partial charge < -0.3 is 9.88 Å². The topological polar surface area (TPSA) is 29.9 Å². The van der Waals surface area contributed by atoms with Gasteiger partial charge >= 0.3 is 0 Å². The van der Waals surface area contributed by atoms with E-state index in [-0.39, 0.29) is 0 Å². The van der Waals surface area contributed by atoms with E-state index in [4.69, 9.17) is 0 Å². The van der Waals surface area contributed by atoms with Crippen LogP contribution in [0, 0.1) is 5.92 Å². The average Bonchev–Trinajstić information content (AvgIpc) is 2.73. The summed E-state index contributed by atoms with van der Waals surface area (Å²) in [7, 11) is 0. The molecule has 0 spiro atoms. The van der Waals surface area contributed by atoms with Gasteiger partial charge in [0.1, 0.15) is 5.82 Å². The largest absolute Gasteiger partial charge is 0.334 e. The van der Waals surface area contributed by atoms with Crippen molar-refractivity contribution in [1.82, 2.24) is 14.9 Å². The van der Waals surface area contributed by atoms with E-state index in [1.807, 2.05) is 6.20 Å². The molecular weight excluding hydrogens is 210 g/mol. The van der Waals surface area contributed by atoms with Crippen LogP contribution in [0.4, 0.5) is 0 Å². The van der Waals surface area contributed by atoms with Crippen LogP contribution in [0.5, 0.6) is 0 Å². The lowest BCUT2D eigenvalue weighted by molar-refractivity contribution is 0.418. The van der Waals surface area contributed by atoms with Crippen LogP contribution in [0.15, 0.2) is 12.4 Å². The van der Waals surface area contributed by atoms with Crippen molar-refractivity contribution in [3.05, 3.63) is 18.2 Å². The lowest BCUT2D eigenvalue weighted by Crippen LogP contribution is -2.24. The first-order valence-electron chi connectivity index (χ1n) is 6.93. The molecule has 0 aromatic carbocycles. The van der Waals surface area contributed by atoms with Crippen molar-refractivity contribution >= 4 is 0 Å². The molecule has 0 bridgehead atoms. The van der Waals surface area contributed by atoms with Crippen LogP contribution in [-0.4, -0.2) is 16.1 Å². The van der Waals surface area contributed by atoms with Crippen molar-refractivity contribution in [3.63, 3.8) is 0 Å². The minimum absolute atomic E-state index is 0.406. The van der Waals surface area contributed by atoms with Gasteiger partial charge in [-0.1, -0.05) is 27.7 Å². The first-order chi connectivity index (χ1) is 8.19. The Bertz CT molecular complexity index is 304. The third-order valence-corrected chi connectivity index (χ3v) is 3.01. The van der Waals surface area contributed by atoms with E-state index in [2.05, 4.69) is 48.8 Å². The summed E-state index contributed by atoms with van der Waals surface area (Å²) in [6.45, 7) is 11.0. The highest BCUT2D eigenvalue weighted by Crippen LogP contribution is 2.20. The van der Waals surface area contributed by atoms with Gasteiger partial charge in [0.2, 0.25) is 0 Å². The Morgan fingerprint density at radius 3 is 2.65 bits per heavy atom. The normalized spacial score (nSPS) is 13.2. The molecule has 0 radical (unpaired) electrons. The fourth-order valence-corrected chi connectivity index (χ4v) is 2.13. The standard InChI is InChI=1S/C14H27N3/c1-5-10-17-11-9-16-14(17)13(15-6-2)8-7-12(3)4/h9,11-13,15H,5-8,10H2,1-4H3. The zero-order valence-corrected chi connectivity index (χ0v) is 11.7. The van der Waals surface area contributed by atoms with Crippen LogP contribution in [0.25, 0.3) is 0 Å². The fourth-order valence-electron chi connectivity index (χ4n) is 2.13. The molecule has 0 saturated heterocycles. The monoisotopic (exact) mass is 237 g/mol. The Balaban J connectivity index is 2.70. The van der Waals surface area contributed by atoms with E-state index in [9.17, 15) is 0 Å². The van der Waals surface area contributed by atoms with Crippen molar-refractivity contribution in [1.29, 1.82) is 0 Å². The van der Waals surface area contributed by atoms with Crippen LogP contribution in [0.2, 0.25) is 0 Å². The van der Waals surface area contributed by atoms with Gasteiger partial charge in [0.15, 0.2) is 0 Å². The molecule has 1 rings (SSSR count). The third kappa shape index (κ3) is 4.50. The molecule has 1 atom stereocenters. The molecule has 17 heavy (non-hydrogen) atoms. The fraction of sp³-hybridized carbons (Fsp3) is 0.786. The molecule has 1 N–H and O–H groups in total.